The number of rotatable bonds is 15. The number of carbonyl (C=O) groups excluding carboxylic acids is 6. The van der Waals surface area contributed by atoms with Gasteiger partial charge in [-0.1, -0.05) is 36.4 Å². The van der Waals surface area contributed by atoms with Crippen molar-refractivity contribution in [2.24, 2.45) is 46.6 Å². The van der Waals surface area contributed by atoms with Crippen molar-refractivity contribution in [2.75, 3.05) is 41.7 Å². The van der Waals surface area contributed by atoms with Crippen LogP contribution in [-0.2, 0) is 57.2 Å². The number of allylic oxidation sites excluding steroid dienone is 2. The monoisotopic (exact) mass is 1280 g/mol. The summed E-state index contributed by atoms with van der Waals surface area (Å²) in [6, 6.07) is 22.7. The van der Waals surface area contributed by atoms with Crippen molar-refractivity contribution in [3.8, 4) is 18.2 Å². The van der Waals surface area contributed by atoms with Crippen LogP contribution in [-0.4, -0.2) is 77.5 Å². The molecule has 91 heavy (non-hydrogen) atoms. The number of nitriles is 3. The van der Waals surface area contributed by atoms with Gasteiger partial charge in [-0.25, -0.2) is 28.8 Å². The third-order valence-corrected chi connectivity index (χ3v) is 19.9. The van der Waals surface area contributed by atoms with Crippen molar-refractivity contribution >= 4 is 100 Å². The molecular weight excluding hydrogens is 1220 g/mol. The second-order valence-corrected chi connectivity index (χ2v) is 25.3. The highest BCUT2D eigenvalue weighted by atomic mass is 32.1. The number of nitrogens with one attached hydrogen (secondary N) is 3. The standard InChI is InChI=1S/2C24H23N3O4S.C18H16N4O4S/c1-30-23(28)19-17(16-11-32-21-14(9-25)3-2-4-15(16)21)18(24(29)31-10-12-5-6-12)20(13-7-8-13)27-22(19)26;1-30-23(28)18-17(16-11-32-21-14(9-25)3-2-4-15(16)21)19(24(29)31-10-12-5-6-12)22(26)27-20(18)13-7-8-13;1-25-17(23)12-11(13(18(24)26-2)16(21)22-15(12)20)10-7-27-14-8(6-19)4-3-5-9(10)14/h2*2-4,11-13,17,27H,5-8,10,26H2,1H3;3-5,7,11,22H,20-21H2,1-2H3. The summed E-state index contributed by atoms with van der Waals surface area (Å²) in [5.41, 5.74) is 31.2. The van der Waals surface area contributed by atoms with Crippen LogP contribution in [0.25, 0.3) is 30.3 Å². The minimum absolute atomic E-state index is 0.00668. The molecule has 466 valence electrons. The van der Waals surface area contributed by atoms with Crippen LogP contribution >= 0.6 is 34.0 Å². The number of esters is 6. The third kappa shape index (κ3) is 12.2. The Kier molecular flexibility index (Phi) is 17.9. The zero-order valence-corrected chi connectivity index (χ0v) is 52.3. The van der Waals surface area contributed by atoms with Gasteiger partial charge in [-0.05, 0) is 142 Å². The Hall–Kier alpha value is -10.1. The lowest BCUT2D eigenvalue weighted by atomic mass is 9.80. The minimum Gasteiger partial charge on any atom is -0.466 e. The molecule has 3 aliphatic heterocycles. The van der Waals surface area contributed by atoms with Crippen LogP contribution in [0.2, 0.25) is 0 Å². The number of fused-ring (bicyclic) bond motifs is 3. The number of thiophene rings is 3. The number of dihydropyridines is 3. The van der Waals surface area contributed by atoms with Crippen molar-refractivity contribution in [1.29, 1.82) is 15.8 Å². The Morgan fingerprint density at radius 3 is 1.02 bits per heavy atom. The molecule has 4 aliphatic carbocycles. The van der Waals surface area contributed by atoms with Crippen LogP contribution in [0.1, 0.15) is 103 Å². The molecule has 13 rings (SSSR count). The van der Waals surface area contributed by atoms with Crippen molar-refractivity contribution < 1.29 is 57.2 Å². The van der Waals surface area contributed by atoms with Gasteiger partial charge in [0, 0.05) is 11.4 Å². The van der Waals surface area contributed by atoms with Crippen molar-refractivity contribution in [3.63, 3.8) is 0 Å². The van der Waals surface area contributed by atoms with Crippen LogP contribution in [0, 0.1) is 57.7 Å². The van der Waals surface area contributed by atoms with Crippen LogP contribution in [0.5, 0.6) is 0 Å². The van der Waals surface area contributed by atoms with Gasteiger partial charge in [-0.15, -0.1) is 34.0 Å². The third-order valence-electron chi connectivity index (χ3n) is 16.8. The van der Waals surface area contributed by atoms with Gasteiger partial charge in [0.25, 0.3) is 0 Å². The first-order valence-electron chi connectivity index (χ1n) is 29.2. The number of nitrogens with two attached hydrogens (primary N) is 4. The number of carbonyl (C=O) groups is 6. The Balaban J connectivity index is 0.000000141. The van der Waals surface area contributed by atoms with E-state index in [0.29, 0.717) is 69.5 Å². The number of ether oxygens (including phenoxy) is 6. The molecule has 2 unspecified atom stereocenters. The molecule has 3 aromatic carbocycles. The van der Waals surface area contributed by atoms with E-state index in [-0.39, 0.29) is 57.4 Å². The molecule has 2 atom stereocenters. The maximum Gasteiger partial charge on any atom is 0.338 e. The molecule has 7 aliphatic rings. The fraction of sp³-hybridized carbons (Fsp3) is 0.318. The van der Waals surface area contributed by atoms with Gasteiger partial charge in [-0.3, -0.25) is 0 Å². The molecule has 4 fully saturated rings. The summed E-state index contributed by atoms with van der Waals surface area (Å²) >= 11 is 4.16. The Bertz CT molecular complexity index is 4270. The zero-order valence-electron chi connectivity index (χ0n) is 49.8. The molecule has 0 radical (unpaired) electrons. The zero-order chi connectivity index (χ0) is 64.5. The number of hydrogen-bond donors (Lipinski definition) is 7. The van der Waals surface area contributed by atoms with E-state index in [1.807, 2.05) is 22.9 Å². The molecule has 0 amide bonds. The normalized spacial score (nSPS) is 18.9. The lowest BCUT2D eigenvalue weighted by Crippen LogP contribution is -2.39. The topological polar surface area (TPSA) is 369 Å². The van der Waals surface area contributed by atoms with Crippen LogP contribution in [0.4, 0.5) is 0 Å². The second kappa shape index (κ2) is 26.1. The molecule has 4 saturated carbocycles. The highest BCUT2D eigenvalue weighted by Gasteiger charge is 2.47. The molecule has 11 N–H and O–H groups in total. The summed E-state index contributed by atoms with van der Waals surface area (Å²) in [5.74, 6) is -4.25. The first kappa shape index (κ1) is 62.5. The SMILES string of the molecule is COC(=O)C1=C(C2CC2)NC(N)=C(C(=O)OCC2CC2)C1c1csc2c(C#N)cccc12.COC(=O)C1=C(N)NC(C2CC2)=C(C(=O)OCC2CC2)C1c1csc2c(C#N)cccc12.COC(=O)C1=C(N)NC(N)=C(C(=O)OC)C1c1csc2c(C#N)cccc12. The molecule has 0 spiro atoms. The van der Waals surface area contributed by atoms with Gasteiger partial charge < -0.3 is 67.3 Å². The minimum atomic E-state index is -0.895. The van der Waals surface area contributed by atoms with Crippen LogP contribution in [0.3, 0.4) is 0 Å². The number of nitrogens with zero attached hydrogens (tertiary/aromatic N) is 3. The Morgan fingerprint density at radius 1 is 0.429 bits per heavy atom. The molecule has 0 bridgehead atoms. The maximum atomic E-state index is 13.4. The van der Waals surface area contributed by atoms with E-state index in [2.05, 4.69) is 34.2 Å². The molecule has 0 saturated heterocycles. The largest absolute Gasteiger partial charge is 0.466 e. The summed E-state index contributed by atoms with van der Waals surface area (Å²) in [6.45, 7) is 0.723. The van der Waals surface area contributed by atoms with E-state index < -0.39 is 53.6 Å². The fourth-order valence-corrected chi connectivity index (χ4v) is 14.8. The first-order valence-corrected chi connectivity index (χ1v) is 31.8. The fourth-order valence-electron chi connectivity index (χ4n) is 11.6. The lowest BCUT2D eigenvalue weighted by Gasteiger charge is -2.31. The summed E-state index contributed by atoms with van der Waals surface area (Å²) < 4.78 is 33.6. The van der Waals surface area contributed by atoms with Gasteiger partial charge in [0.1, 0.15) is 41.5 Å². The number of methoxy groups -OCH3 is 4. The molecule has 6 aromatic rings. The van der Waals surface area contributed by atoms with Gasteiger partial charge in [0.2, 0.25) is 0 Å². The van der Waals surface area contributed by atoms with Crippen molar-refractivity contribution in [2.45, 2.75) is 69.1 Å². The predicted octanol–water partition coefficient (Wildman–Crippen LogP) is 7.99. The van der Waals surface area contributed by atoms with Crippen molar-refractivity contribution in [3.05, 3.63) is 172 Å². The van der Waals surface area contributed by atoms with E-state index in [1.54, 1.807) is 47.8 Å². The van der Waals surface area contributed by atoms with Crippen molar-refractivity contribution in [1.82, 2.24) is 16.0 Å². The van der Waals surface area contributed by atoms with E-state index in [9.17, 15) is 44.6 Å². The highest BCUT2D eigenvalue weighted by Crippen LogP contribution is 2.51. The number of benzene rings is 3. The molecule has 3 aromatic heterocycles. The second-order valence-electron chi connectivity index (χ2n) is 22.7. The van der Waals surface area contributed by atoms with E-state index in [0.717, 1.165) is 93.1 Å². The van der Waals surface area contributed by atoms with Crippen LogP contribution in [0.15, 0.2) is 139 Å². The maximum absolute atomic E-state index is 13.4. The summed E-state index contributed by atoms with van der Waals surface area (Å²) in [4.78, 5) is 77.4. The quantitative estimate of drug-likeness (QED) is 0.0378. The summed E-state index contributed by atoms with van der Waals surface area (Å²) in [6.07, 6.45) is 7.99. The predicted molar refractivity (Wildman–Crippen MR) is 337 cm³/mol. The summed E-state index contributed by atoms with van der Waals surface area (Å²) in [5, 5.41) is 45.2. The van der Waals surface area contributed by atoms with Gasteiger partial charge in [0.15, 0.2) is 0 Å². The van der Waals surface area contributed by atoms with E-state index in [1.165, 1.54) is 62.4 Å². The molecule has 6 heterocycles. The molecule has 25 heteroatoms. The van der Waals surface area contributed by atoms with Gasteiger partial charge >= 0.3 is 35.8 Å². The van der Waals surface area contributed by atoms with Gasteiger partial charge in [-0.2, -0.15) is 15.8 Å². The molecule has 22 nitrogen and oxygen atoms in total. The molecular formula is C66H62N10O12S3. The van der Waals surface area contributed by atoms with Crippen LogP contribution < -0.4 is 38.9 Å². The first-order chi connectivity index (χ1) is 44.0. The highest BCUT2D eigenvalue weighted by molar-refractivity contribution is 7.18. The lowest BCUT2D eigenvalue weighted by molar-refractivity contribution is -0.141. The average molecular weight is 1280 g/mol. The Morgan fingerprint density at radius 2 is 0.714 bits per heavy atom. The van der Waals surface area contributed by atoms with E-state index >= 15 is 0 Å². The van der Waals surface area contributed by atoms with Gasteiger partial charge in [0.05, 0.1) is 124 Å². The van der Waals surface area contributed by atoms with E-state index in [4.69, 9.17) is 51.4 Å². The average Bonchev–Trinajstić information content (AvgIpc) is 1.71. The number of hydrogen-bond acceptors (Lipinski definition) is 25. The summed E-state index contributed by atoms with van der Waals surface area (Å²) in [7, 11) is 5.07. The smallest absolute Gasteiger partial charge is 0.338 e. The Labute approximate surface area is 534 Å².